The van der Waals surface area contributed by atoms with Crippen molar-refractivity contribution in [3.8, 4) is 11.1 Å². The second-order valence-electron chi connectivity index (χ2n) is 5.54. The van der Waals surface area contributed by atoms with Crippen LogP contribution in [-0.4, -0.2) is 13.2 Å². The molecule has 0 atom stereocenters. The highest BCUT2D eigenvalue weighted by atomic mass is 35.5. The molecule has 0 aromatic heterocycles. The van der Waals surface area contributed by atoms with Crippen molar-refractivity contribution in [2.24, 2.45) is 5.92 Å². The Labute approximate surface area is 140 Å². The summed E-state index contributed by atoms with van der Waals surface area (Å²) in [6.45, 7) is 3.29. The molecule has 2 nitrogen and oxygen atoms in total. The molecule has 0 radical (unpaired) electrons. The second-order valence-corrected chi connectivity index (χ2v) is 5.94. The second kappa shape index (κ2) is 7.26. The lowest BCUT2D eigenvalue weighted by Gasteiger charge is -2.28. The van der Waals surface area contributed by atoms with Gasteiger partial charge in [-0.2, -0.15) is 0 Å². The summed E-state index contributed by atoms with van der Waals surface area (Å²) in [4.78, 5) is 0. The van der Waals surface area contributed by atoms with Gasteiger partial charge in [0.25, 0.3) is 0 Å². The lowest BCUT2D eigenvalue weighted by atomic mass is 10.0. The largest absolute Gasteiger partial charge is 0.348 e. The Balaban J connectivity index is 1.71. The fourth-order valence-corrected chi connectivity index (χ4v) is 2.72. The van der Waals surface area contributed by atoms with Gasteiger partial charge in [-0.1, -0.05) is 54.1 Å². The van der Waals surface area contributed by atoms with Crippen molar-refractivity contribution >= 4 is 11.6 Å². The molecule has 1 aliphatic heterocycles. The Bertz CT molecular complexity index is 689. The Hall–Kier alpha value is -1.68. The van der Waals surface area contributed by atoms with Crippen LogP contribution in [0.1, 0.15) is 18.8 Å². The molecule has 1 fully saturated rings. The molecule has 0 bridgehead atoms. The van der Waals surface area contributed by atoms with Crippen molar-refractivity contribution in [1.82, 2.24) is 0 Å². The van der Waals surface area contributed by atoms with Gasteiger partial charge in [0.2, 0.25) is 0 Å². The Kier molecular flexibility index (Phi) is 5.11. The van der Waals surface area contributed by atoms with Crippen LogP contribution in [0.15, 0.2) is 54.6 Å². The van der Waals surface area contributed by atoms with E-state index in [1.165, 1.54) is 6.07 Å². The highest BCUT2D eigenvalue weighted by molar-refractivity contribution is 6.30. The average molecular weight is 333 g/mol. The van der Waals surface area contributed by atoms with Crippen molar-refractivity contribution in [2.75, 3.05) is 13.2 Å². The predicted molar refractivity (Wildman–Crippen MR) is 89.8 cm³/mol. The van der Waals surface area contributed by atoms with Gasteiger partial charge in [0.1, 0.15) is 5.82 Å². The first kappa shape index (κ1) is 16.2. The summed E-state index contributed by atoms with van der Waals surface area (Å²) < 4.78 is 25.1. The SMILES string of the molecule is CC=CC1COC(c2ccc(-c3ccc(Cl)c(F)c3)cc2)OC1. The molecule has 0 aliphatic carbocycles. The van der Waals surface area contributed by atoms with Crippen LogP contribution in [0.5, 0.6) is 0 Å². The molecule has 120 valence electrons. The monoisotopic (exact) mass is 332 g/mol. The molecule has 3 rings (SSSR count). The molecule has 2 aromatic rings. The summed E-state index contributed by atoms with van der Waals surface area (Å²) in [5.74, 6) is -0.102. The van der Waals surface area contributed by atoms with E-state index in [9.17, 15) is 4.39 Å². The quantitative estimate of drug-likeness (QED) is 0.702. The number of hydrogen-bond donors (Lipinski definition) is 0. The molecular formula is C19H18ClFO2. The van der Waals surface area contributed by atoms with E-state index in [1.807, 2.05) is 37.3 Å². The van der Waals surface area contributed by atoms with Crippen molar-refractivity contribution in [2.45, 2.75) is 13.2 Å². The van der Waals surface area contributed by atoms with Gasteiger partial charge in [-0.25, -0.2) is 4.39 Å². The fraction of sp³-hybridized carbons (Fsp3) is 0.263. The van der Waals surface area contributed by atoms with Gasteiger partial charge in [0, 0.05) is 11.5 Å². The molecule has 0 unspecified atom stereocenters. The van der Waals surface area contributed by atoms with Crippen LogP contribution in [0, 0.1) is 11.7 Å². The first-order valence-corrected chi connectivity index (χ1v) is 7.96. The third-order valence-electron chi connectivity index (χ3n) is 3.82. The molecule has 4 heteroatoms. The summed E-state index contributed by atoms with van der Waals surface area (Å²) >= 11 is 5.72. The number of rotatable bonds is 3. The summed E-state index contributed by atoms with van der Waals surface area (Å²) in [6, 6.07) is 12.6. The molecule has 23 heavy (non-hydrogen) atoms. The van der Waals surface area contributed by atoms with Gasteiger partial charge in [-0.15, -0.1) is 0 Å². The molecule has 1 heterocycles. The van der Waals surface area contributed by atoms with E-state index >= 15 is 0 Å². The molecule has 0 amide bonds. The maximum Gasteiger partial charge on any atom is 0.183 e. The van der Waals surface area contributed by atoms with Crippen LogP contribution in [0.2, 0.25) is 5.02 Å². The number of hydrogen-bond acceptors (Lipinski definition) is 2. The van der Waals surface area contributed by atoms with Crippen molar-refractivity contribution < 1.29 is 13.9 Å². The van der Waals surface area contributed by atoms with Gasteiger partial charge in [0.15, 0.2) is 6.29 Å². The minimum absolute atomic E-state index is 0.130. The maximum atomic E-state index is 13.6. The zero-order valence-corrected chi connectivity index (χ0v) is 13.6. The fourth-order valence-electron chi connectivity index (χ4n) is 2.60. The van der Waals surface area contributed by atoms with Crippen molar-refractivity contribution in [3.05, 3.63) is 71.0 Å². The third-order valence-corrected chi connectivity index (χ3v) is 4.13. The first-order valence-electron chi connectivity index (χ1n) is 7.59. The lowest BCUT2D eigenvalue weighted by Crippen LogP contribution is -2.25. The van der Waals surface area contributed by atoms with Gasteiger partial charge in [0.05, 0.1) is 18.2 Å². The zero-order valence-electron chi connectivity index (χ0n) is 12.8. The van der Waals surface area contributed by atoms with Gasteiger partial charge >= 0.3 is 0 Å². The number of halogens is 2. The standard InChI is InChI=1S/C19H18ClFO2/c1-2-3-13-11-22-19(23-12-13)15-6-4-14(5-7-15)16-8-9-17(20)18(21)10-16/h2-10,13,19H,11-12H2,1H3. The minimum atomic E-state index is -0.415. The predicted octanol–water partition coefficient (Wildman–Crippen LogP) is 5.38. The van der Waals surface area contributed by atoms with Crippen LogP contribution in [0.3, 0.4) is 0 Å². The van der Waals surface area contributed by atoms with E-state index in [2.05, 4.69) is 6.08 Å². The van der Waals surface area contributed by atoms with Gasteiger partial charge in [-0.3, -0.25) is 0 Å². The summed E-state index contributed by atoms with van der Waals surface area (Å²) in [5, 5.41) is 0.130. The van der Waals surface area contributed by atoms with Crippen LogP contribution >= 0.6 is 11.6 Å². The molecule has 1 aliphatic rings. The van der Waals surface area contributed by atoms with E-state index in [0.29, 0.717) is 19.1 Å². The molecule has 0 N–H and O–H groups in total. The van der Waals surface area contributed by atoms with E-state index in [1.54, 1.807) is 12.1 Å². The third kappa shape index (κ3) is 3.81. The minimum Gasteiger partial charge on any atom is -0.348 e. The molecule has 0 saturated carbocycles. The van der Waals surface area contributed by atoms with Crippen molar-refractivity contribution in [3.63, 3.8) is 0 Å². The van der Waals surface area contributed by atoms with E-state index in [4.69, 9.17) is 21.1 Å². The lowest BCUT2D eigenvalue weighted by molar-refractivity contribution is -0.197. The topological polar surface area (TPSA) is 18.5 Å². The number of allylic oxidation sites excluding steroid dienone is 1. The summed E-state index contributed by atoms with van der Waals surface area (Å²) in [6.07, 6.45) is 3.76. The van der Waals surface area contributed by atoms with Crippen LogP contribution in [-0.2, 0) is 9.47 Å². The summed E-state index contributed by atoms with van der Waals surface area (Å²) in [7, 11) is 0. The Morgan fingerprint density at radius 3 is 2.30 bits per heavy atom. The summed E-state index contributed by atoms with van der Waals surface area (Å²) in [5.41, 5.74) is 2.67. The van der Waals surface area contributed by atoms with E-state index in [-0.39, 0.29) is 11.3 Å². The Morgan fingerprint density at radius 1 is 1.04 bits per heavy atom. The van der Waals surface area contributed by atoms with Crippen molar-refractivity contribution in [1.29, 1.82) is 0 Å². The number of ether oxygens (including phenoxy) is 2. The van der Waals surface area contributed by atoms with Crippen LogP contribution < -0.4 is 0 Å². The Morgan fingerprint density at radius 2 is 1.70 bits per heavy atom. The molecule has 0 spiro atoms. The maximum absolute atomic E-state index is 13.6. The van der Waals surface area contributed by atoms with Crippen LogP contribution in [0.25, 0.3) is 11.1 Å². The highest BCUT2D eigenvalue weighted by Crippen LogP contribution is 2.29. The van der Waals surface area contributed by atoms with E-state index < -0.39 is 5.82 Å². The molecule has 1 saturated heterocycles. The smallest absolute Gasteiger partial charge is 0.183 e. The zero-order chi connectivity index (χ0) is 16.2. The van der Waals surface area contributed by atoms with Gasteiger partial charge in [-0.05, 0) is 30.2 Å². The van der Waals surface area contributed by atoms with E-state index in [0.717, 1.165) is 16.7 Å². The van der Waals surface area contributed by atoms with Crippen LogP contribution in [0.4, 0.5) is 4.39 Å². The first-order chi connectivity index (χ1) is 11.2. The molecule has 2 aromatic carbocycles. The highest BCUT2D eigenvalue weighted by Gasteiger charge is 2.21. The average Bonchev–Trinajstić information content (AvgIpc) is 2.59. The van der Waals surface area contributed by atoms with Gasteiger partial charge < -0.3 is 9.47 Å². The number of benzene rings is 2. The normalized spacial score (nSPS) is 21.7. The molecular weight excluding hydrogens is 315 g/mol.